The molecule has 0 spiro atoms. The van der Waals surface area contributed by atoms with Gasteiger partial charge in [0.25, 0.3) is 0 Å². The Labute approximate surface area is 315 Å². The van der Waals surface area contributed by atoms with Gasteiger partial charge < -0.3 is 18.4 Å². The molecule has 1 unspecified atom stereocenters. The van der Waals surface area contributed by atoms with E-state index in [-0.39, 0.29) is 0 Å². The summed E-state index contributed by atoms with van der Waals surface area (Å²) in [5.41, 5.74) is 6.58. The van der Waals surface area contributed by atoms with Gasteiger partial charge in [-0.15, -0.1) is 0 Å². The Bertz CT molecular complexity index is 1980. The van der Waals surface area contributed by atoms with Gasteiger partial charge in [0, 0.05) is 4.60 Å². The van der Waals surface area contributed by atoms with E-state index in [1.165, 1.54) is 0 Å². The molecule has 11 heteroatoms. The molecule has 8 nitrogen and oxygen atoms in total. The maximum atomic E-state index is 6.78. The zero-order valence-corrected chi connectivity index (χ0v) is 33.2. The molecule has 0 N–H and O–H groups in total. The predicted molar refractivity (Wildman–Crippen MR) is 216 cm³/mol. The lowest BCUT2D eigenvalue weighted by atomic mass is 10.2. The Morgan fingerprint density at radius 3 is 1.00 bits per heavy atom. The Morgan fingerprint density at radius 2 is 0.660 bits per heavy atom. The van der Waals surface area contributed by atoms with Crippen molar-refractivity contribution in [3.63, 3.8) is 0 Å². The molecule has 6 aromatic rings. The fraction of sp³-hybridized carbons (Fsp3) is 0.143. The minimum Gasteiger partial charge on any atom is -0.435 e. The summed E-state index contributed by atoms with van der Waals surface area (Å²) < 4.78 is 39.9. The van der Waals surface area contributed by atoms with Crippen LogP contribution in [0.15, 0.2) is 150 Å². The van der Waals surface area contributed by atoms with E-state index in [0.29, 0.717) is 34.5 Å². The highest BCUT2D eigenvalue weighted by atomic mass is 31.2. The molecule has 0 amide bonds. The largest absolute Gasteiger partial charge is 0.676 e. The van der Waals surface area contributed by atoms with Crippen molar-refractivity contribution >= 4 is 25.1 Å². The first kappa shape index (κ1) is 37.8. The van der Waals surface area contributed by atoms with Crippen LogP contribution in [0, 0.1) is 41.5 Å². The summed E-state index contributed by atoms with van der Waals surface area (Å²) in [6.45, 7) is 12.2. The minimum absolute atomic E-state index is 0.543. The van der Waals surface area contributed by atoms with Gasteiger partial charge in [-0.25, -0.2) is 9.05 Å². The topological polar surface area (TPSA) is 71.0 Å². The quantitative estimate of drug-likeness (QED) is 0.0762. The van der Waals surface area contributed by atoms with Crippen molar-refractivity contribution in [3.8, 4) is 34.5 Å². The van der Waals surface area contributed by atoms with E-state index < -0.39 is 25.1 Å². The molecule has 1 atom stereocenters. The zero-order valence-electron chi connectivity index (χ0n) is 30.5. The maximum Gasteiger partial charge on any atom is 0.676 e. The predicted octanol–water partition coefficient (Wildman–Crippen LogP) is 13.5. The minimum atomic E-state index is -2.14. The van der Waals surface area contributed by atoms with Crippen LogP contribution in [-0.2, 0) is 0 Å². The van der Waals surface area contributed by atoms with Crippen LogP contribution >= 0.6 is 25.1 Å². The van der Waals surface area contributed by atoms with Gasteiger partial charge in [0.15, 0.2) is 11.5 Å². The molecular weight excluding hydrogens is 721 g/mol. The molecule has 0 aliphatic carbocycles. The van der Waals surface area contributed by atoms with E-state index in [9.17, 15) is 0 Å². The highest BCUT2D eigenvalue weighted by molar-refractivity contribution is 7.65. The fourth-order valence-electron chi connectivity index (χ4n) is 4.57. The number of aryl methyl sites for hydroxylation is 6. The molecule has 0 saturated carbocycles. The normalized spacial score (nSPS) is 11.5. The van der Waals surface area contributed by atoms with E-state index in [4.69, 9.17) is 32.0 Å². The van der Waals surface area contributed by atoms with Crippen LogP contribution in [0.3, 0.4) is 0 Å². The molecule has 0 saturated heterocycles. The van der Waals surface area contributed by atoms with Gasteiger partial charge >= 0.3 is 25.1 Å². The standard InChI is InChI=1S/C42H42N2O6P3/c1-31-7-19-37(20-8-31)45-44(53(49-41-27-15-35(5)16-28-41)50-42-29-17-36(6)18-30-42)51(46-38-21-9-32(2)10-22-38)43-52(47-39-23-11-33(3)12-24-39)48-40-25-13-34(4)14-26-40/h7-30H,1-6H3/q+1. The van der Waals surface area contributed by atoms with Crippen molar-refractivity contribution in [2.45, 2.75) is 41.5 Å². The molecule has 53 heavy (non-hydrogen) atoms. The van der Waals surface area contributed by atoms with Crippen molar-refractivity contribution in [1.82, 2.24) is 4.60 Å². The second-order valence-corrected chi connectivity index (χ2v) is 16.6. The summed E-state index contributed by atoms with van der Waals surface area (Å²) >= 11 is 0. The number of hydrogen-bond donors (Lipinski definition) is 0. The van der Waals surface area contributed by atoms with Crippen LogP contribution in [0.2, 0.25) is 0 Å². The van der Waals surface area contributed by atoms with Crippen LogP contribution in [0.5, 0.6) is 34.5 Å². The highest BCUT2D eigenvalue weighted by Crippen LogP contribution is 2.61. The molecule has 0 aliphatic heterocycles. The van der Waals surface area contributed by atoms with Gasteiger partial charge in [-0.05, 0) is 114 Å². The monoisotopic (exact) mass is 763 g/mol. The molecule has 0 heterocycles. The second kappa shape index (κ2) is 18.2. The van der Waals surface area contributed by atoms with E-state index in [1.54, 1.807) is 4.60 Å². The third-order valence-corrected chi connectivity index (χ3v) is 12.3. The molecule has 0 aromatic heterocycles. The smallest absolute Gasteiger partial charge is 0.435 e. The molecule has 6 rings (SSSR count). The average molecular weight is 764 g/mol. The summed E-state index contributed by atoms with van der Waals surface area (Å²) in [4.78, 5) is 6.74. The molecule has 0 fully saturated rings. The first-order valence-corrected chi connectivity index (χ1v) is 20.5. The molecule has 0 bridgehead atoms. The highest BCUT2D eigenvalue weighted by Gasteiger charge is 2.44. The summed E-state index contributed by atoms with van der Waals surface area (Å²) in [5, 5.41) is 0. The lowest BCUT2D eigenvalue weighted by molar-refractivity contribution is 0.108. The van der Waals surface area contributed by atoms with Crippen molar-refractivity contribution in [3.05, 3.63) is 179 Å². The lowest BCUT2D eigenvalue weighted by Gasteiger charge is -2.29. The molecule has 6 aromatic carbocycles. The van der Waals surface area contributed by atoms with Gasteiger partial charge in [0.1, 0.15) is 23.0 Å². The van der Waals surface area contributed by atoms with Crippen LogP contribution in [0.25, 0.3) is 0 Å². The SMILES string of the molecule is Cc1ccc(ON(P(N=[P+](Oc2ccc(C)cc2)Oc2ccc(C)cc2)Oc2ccc(C)cc2)P(Oc2ccc(C)cc2)Oc2ccc(C)cc2)cc1. The van der Waals surface area contributed by atoms with Crippen LogP contribution < -0.4 is 27.5 Å². The Hall–Kier alpha value is -4.96. The van der Waals surface area contributed by atoms with Gasteiger partial charge in [0.2, 0.25) is 0 Å². The molecule has 270 valence electrons. The van der Waals surface area contributed by atoms with E-state index in [2.05, 4.69) is 0 Å². The van der Waals surface area contributed by atoms with E-state index in [0.717, 1.165) is 33.4 Å². The van der Waals surface area contributed by atoms with Crippen LogP contribution in [0.1, 0.15) is 33.4 Å². The summed E-state index contributed by atoms with van der Waals surface area (Å²) in [6, 6.07) is 46.6. The maximum absolute atomic E-state index is 6.78. The van der Waals surface area contributed by atoms with Gasteiger partial charge in [0.05, 0.1) is 4.52 Å². The Morgan fingerprint density at radius 1 is 0.377 bits per heavy atom. The molecule has 0 radical (unpaired) electrons. The first-order chi connectivity index (χ1) is 25.6. The second-order valence-electron chi connectivity index (χ2n) is 12.5. The third kappa shape index (κ3) is 11.5. The fourth-order valence-corrected chi connectivity index (χ4v) is 9.06. The Kier molecular flexibility index (Phi) is 13.0. The number of rotatable bonds is 15. The van der Waals surface area contributed by atoms with Crippen molar-refractivity contribution < 1.29 is 27.5 Å². The van der Waals surface area contributed by atoms with Crippen LogP contribution in [-0.4, -0.2) is 4.60 Å². The summed E-state index contributed by atoms with van der Waals surface area (Å²) in [5.74, 6) is 3.49. The molecular formula is C42H42N2O6P3+. The van der Waals surface area contributed by atoms with Gasteiger partial charge in [-0.3, -0.25) is 0 Å². The first-order valence-electron chi connectivity index (χ1n) is 17.0. The van der Waals surface area contributed by atoms with Crippen LogP contribution in [0.4, 0.5) is 0 Å². The average Bonchev–Trinajstić information content (AvgIpc) is 3.15. The number of nitrogens with zero attached hydrogens (tertiary/aromatic N) is 2. The van der Waals surface area contributed by atoms with Crippen molar-refractivity contribution in [2.24, 2.45) is 4.52 Å². The van der Waals surface area contributed by atoms with Gasteiger partial charge in [-0.2, -0.15) is 0 Å². The Balaban J connectivity index is 1.50. The lowest BCUT2D eigenvalue weighted by Crippen LogP contribution is -2.23. The summed E-state index contributed by atoms with van der Waals surface area (Å²) in [7, 11) is -6.27. The van der Waals surface area contributed by atoms with E-state index in [1.807, 2.05) is 187 Å². The van der Waals surface area contributed by atoms with E-state index >= 15 is 0 Å². The van der Waals surface area contributed by atoms with Crippen molar-refractivity contribution in [2.75, 3.05) is 0 Å². The molecule has 0 aliphatic rings. The zero-order chi connectivity index (χ0) is 37.2. The number of benzene rings is 6. The summed E-state index contributed by atoms with van der Waals surface area (Å²) in [6.07, 6.45) is 0. The third-order valence-electron chi connectivity index (χ3n) is 7.67. The van der Waals surface area contributed by atoms with Gasteiger partial charge in [-0.1, -0.05) is 106 Å². The number of hydrogen-bond acceptors (Lipinski definition) is 8. The van der Waals surface area contributed by atoms with Crippen molar-refractivity contribution in [1.29, 1.82) is 0 Å².